The number of nitrogens with one attached hydrogen (secondary N) is 1. The Labute approximate surface area is 158 Å². The summed E-state index contributed by atoms with van der Waals surface area (Å²) in [7, 11) is 0. The average molecular weight is 417 g/mol. The number of aromatic nitrogens is 1. The molecule has 2 atom stereocenters. The zero-order valence-electron chi connectivity index (χ0n) is 13.5. The fraction of sp³-hybridized carbons (Fsp3) is 0.158. The molecule has 0 fully saturated rings. The third kappa shape index (κ3) is 4.34. The van der Waals surface area contributed by atoms with E-state index in [2.05, 4.69) is 26.2 Å². The van der Waals surface area contributed by atoms with E-state index in [0.717, 1.165) is 20.6 Å². The molecule has 0 bridgehead atoms. The minimum absolute atomic E-state index is 0.233. The van der Waals surface area contributed by atoms with Gasteiger partial charge in [-0.1, -0.05) is 58.4 Å². The number of halogens is 1. The molecule has 0 saturated heterocycles. The van der Waals surface area contributed by atoms with Crippen molar-refractivity contribution in [1.82, 2.24) is 10.3 Å². The second-order valence-electron chi connectivity index (χ2n) is 5.65. The summed E-state index contributed by atoms with van der Waals surface area (Å²) in [4.78, 5) is 17.3. The van der Waals surface area contributed by atoms with Gasteiger partial charge < -0.3 is 10.4 Å². The maximum absolute atomic E-state index is 12.4. The Morgan fingerprint density at radius 2 is 1.84 bits per heavy atom. The summed E-state index contributed by atoms with van der Waals surface area (Å²) in [6.07, 6.45) is 0.791. The van der Waals surface area contributed by atoms with Gasteiger partial charge in [-0.25, -0.2) is 4.98 Å². The number of hydrogen-bond acceptors (Lipinski definition) is 4. The largest absolute Gasteiger partial charge is 0.386 e. The number of aliphatic hydroxyl groups excluding tert-OH is 1. The highest BCUT2D eigenvalue weighted by molar-refractivity contribution is 9.10. The molecule has 1 heterocycles. The molecule has 3 aromatic rings. The molecule has 0 saturated carbocycles. The molecule has 0 radical (unpaired) electrons. The van der Waals surface area contributed by atoms with Crippen LogP contribution in [0.2, 0.25) is 0 Å². The van der Waals surface area contributed by atoms with E-state index in [1.54, 1.807) is 13.1 Å². The van der Waals surface area contributed by atoms with E-state index < -0.39 is 12.1 Å². The Hall–Kier alpha value is -2.02. The van der Waals surface area contributed by atoms with Gasteiger partial charge in [0.2, 0.25) is 0 Å². The fourth-order valence-corrected chi connectivity index (χ4v) is 3.49. The minimum atomic E-state index is -0.779. The van der Waals surface area contributed by atoms with Crippen molar-refractivity contribution < 1.29 is 9.90 Å². The monoisotopic (exact) mass is 416 g/mol. The third-order valence-electron chi connectivity index (χ3n) is 3.79. The van der Waals surface area contributed by atoms with Crippen molar-refractivity contribution in [1.29, 1.82) is 0 Å². The topological polar surface area (TPSA) is 62.2 Å². The van der Waals surface area contributed by atoms with Crippen LogP contribution in [0.1, 0.15) is 28.3 Å². The van der Waals surface area contributed by atoms with Gasteiger partial charge in [-0.05, 0) is 24.6 Å². The van der Waals surface area contributed by atoms with E-state index in [1.807, 2.05) is 54.6 Å². The molecule has 128 valence electrons. The zero-order chi connectivity index (χ0) is 17.8. The molecule has 1 amide bonds. The van der Waals surface area contributed by atoms with Gasteiger partial charge in [0.05, 0.1) is 18.3 Å². The summed E-state index contributed by atoms with van der Waals surface area (Å²) in [6, 6.07) is 16.7. The number of hydrogen-bond donors (Lipinski definition) is 2. The van der Waals surface area contributed by atoms with E-state index in [-0.39, 0.29) is 5.91 Å². The van der Waals surface area contributed by atoms with Gasteiger partial charge in [-0.15, -0.1) is 11.3 Å². The number of carbonyl (C=O) groups is 1. The first-order valence-electron chi connectivity index (χ1n) is 7.80. The number of carbonyl (C=O) groups excluding carboxylic acids is 1. The van der Waals surface area contributed by atoms with Crippen molar-refractivity contribution >= 4 is 33.2 Å². The summed E-state index contributed by atoms with van der Waals surface area (Å²) in [5.41, 5.74) is 1.74. The third-order valence-corrected chi connectivity index (χ3v) is 5.37. The molecular formula is C19H17BrN2O2S. The molecule has 3 rings (SSSR count). The second kappa shape index (κ2) is 7.91. The molecule has 2 N–H and O–H groups in total. The van der Waals surface area contributed by atoms with Crippen LogP contribution in [-0.2, 0) is 0 Å². The lowest BCUT2D eigenvalue weighted by atomic mass is 10.0. The molecule has 2 unspecified atom stereocenters. The van der Waals surface area contributed by atoms with E-state index in [0.29, 0.717) is 4.88 Å². The van der Waals surface area contributed by atoms with Gasteiger partial charge in [0.25, 0.3) is 5.91 Å². The van der Waals surface area contributed by atoms with Crippen molar-refractivity contribution in [2.45, 2.75) is 19.1 Å². The molecule has 1 aromatic heterocycles. The van der Waals surface area contributed by atoms with Crippen LogP contribution in [0.4, 0.5) is 0 Å². The second-order valence-corrected chi connectivity index (χ2v) is 7.60. The SMILES string of the molecule is CC(NC(=O)c1cnc(-c2ccccc2)s1)C(O)c1ccc(Br)cc1. The van der Waals surface area contributed by atoms with Crippen LogP contribution in [-0.4, -0.2) is 22.0 Å². The first-order valence-corrected chi connectivity index (χ1v) is 9.41. The summed E-state index contributed by atoms with van der Waals surface area (Å²) in [5.74, 6) is -0.233. The average Bonchev–Trinajstić information content (AvgIpc) is 3.13. The number of nitrogens with zero attached hydrogens (tertiary/aromatic N) is 1. The van der Waals surface area contributed by atoms with Crippen LogP contribution in [0.25, 0.3) is 10.6 Å². The van der Waals surface area contributed by atoms with Crippen molar-refractivity contribution in [3.05, 3.63) is 75.7 Å². The summed E-state index contributed by atoms with van der Waals surface area (Å²) >= 11 is 4.70. The van der Waals surface area contributed by atoms with Gasteiger partial charge >= 0.3 is 0 Å². The molecule has 6 heteroatoms. The van der Waals surface area contributed by atoms with Crippen molar-refractivity contribution in [2.75, 3.05) is 0 Å². The lowest BCUT2D eigenvalue weighted by Crippen LogP contribution is -2.36. The van der Waals surface area contributed by atoms with E-state index in [1.165, 1.54) is 11.3 Å². The predicted octanol–water partition coefficient (Wildman–Crippen LogP) is 4.42. The summed E-state index contributed by atoms with van der Waals surface area (Å²) < 4.78 is 0.943. The Bertz CT molecular complexity index is 849. The Kier molecular flexibility index (Phi) is 5.63. The first-order chi connectivity index (χ1) is 12.0. The van der Waals surface area contributed by atoms with Crippen LogP contribution in [0, 0.1) is 0 Å². The van der Waals surface area contributed by atoms with Crippen LogP contribution in [0.3, 0.4) is 0 Å². The number of rotatable bonds is 5. The molecule has 0 aliphatic heterocycles. The van der Waals surface area contributed by atoms with Crippen LogP contribution in [0.15, 0.2) is 65.3 Å². The Morgan fingerprint density at radius 3 is 2.52 bits per heavy atom. The van der Waals surface area contributed by atoms with Crippen LogP contribution in [0.5, 0.6) is 0 Å². The highest BCUT2D eigenvalue weighted by Gasteiger charge is 2.20. The Balaban J connectivity index is 1.67. The molecule has 0 aliphatic rings. The Morgan fingerprint density at radius 1 is 1.16 bits per heavy atom. The maximum Gasteiger partial charge on any atom is 0.263 e. The summed E-state index contributed by atoms with van der Waals surface area (Å²) in [6.45, 7) is 1.78. The first kappa shape index (κ1) is 17.8. The van der Waals surface area contributed by atoms with Gasteiger partial charge in [0, 0.05) is 10.0 Å². The van der Waals surface area contributed by atoms with E-state index in [4.69, 9.17) is 0 Å². The van der Waals surface area contributed by atoms with Crippen molar-refractivity contribution in [3.63, 3.8) is 0 Å². The highest BCUT2D eigenvalue weighted by atomic mass is 79.9. The van der Waals surface area contributed by atoms with Crippen LogP contribution < -0.4 is 5.32 Å². The molecule has 4 nitrogen and oxygen atoms in total. The zero-order valence-corrected chi connectivity index (χ0v) is 15.9. The maximum atomic E-state index is 12.4. The number of thiazole rings is 1. The quantitative estimate of drug-likeness (QED) is 0.646. The van der Waals surface area contributed by atoms with Crippen molar-refractivity contribution in [3.8, 4) is 10.6 Å². The van der Waals surface area contributed by atoms with Crippen LogP contribution >= 0.6 is 27.3 Å². The lowest BCUT2D eigenvalue weighted by molar-refractivity contribution is 0.0855. The van der Waals surface area contributed by atoms with Gasteiger partial charge in [-0.2, -0.15) is 0 Å². The fourth-order valence-electron chi connectivity index (χ4n) is 2.40. The van der Waals surface area contributed by atoms with E-state index >= 15 is 0 Å². The van der Waals surface area contributed by atoms with Gasteiger partial charge in [0.15, 0.2) is 0 Å². The molecule has 25 heavy (non-hydrogen) atoms. The minimum Gasteiger partial charge on any atom is -0.386 e. The molecule has 0 spiro atoms. The molecule has 2 aromatic carbocycles. The summed E-state index contributed by atoms with van der Waals surface area (Å²) in [5, 5.41) is 14.1. The molecular weight excluding hydrogens is 400 g/mol. The van der Waals surface area contributed by atoms with Gasteiger partial charge in [0.1, 0.15) is 9.88 Å². The lowest BCUT2D eigenvalue weighted by Gasteiger charge is -2.20. The molecule has 0 aliphatic carbocycles. The smallest absolute Gasteiger partial charge is 0.263 e. The highest BCUT2D eigenvalue weighted by Crippen LogP contribution is 2.25. The predicted molar refractivity (Wildman–Crippen MR) is 104 cm³/mol. The number of amides is 1. The number of benzene rings is 2. The van der Waals surface area contributed by atoms with Crippen molar-refractivity contribution in [2.24, 2.45) is 0 Å². The number of aliphatic hydroxyl groups is 1. The normalized spacial score (nSPS) is 13.2. The van der Waals surface area contributed by atoms with Gasteiger partial charge in [-0.3, -0.25) is 4.79 Å². The van der Waals surface area contributed by atoms with E-state index in [9.17, 15) is 9.90 Å². The standard InChI is InChI=1S/C19H17BrN2O2S/c1-12(17(23)13-7-9-15(20)10-8-13)22-18(24)16-11-21-19(25-16)14-5-3-2-4-6-14/h2-12,17,23H,1H3,(H,22,24).